The third-order valence-electron chi connectivity index (χ3n) is 9.59. The summed E-state index contributed by atoms with van der Waals surface area (Å²) in [6.45, 7) is 15.6. The molecule has 0 aromatic carbocycles. The number of ether oxygens (including phenoxy) is 2. The van der Waals surface area contributed by atoms with Crippen LogP contribution in [0.3, 0.4) is 0 Å². The molecule has 31 heavy (non-hydrogen) atoms. The SMILES string of the molecule is CCOC(=O)[C@]12C(=O)CCC13[C@@H](O[Si](CC)(CC)CC)C[C@@H](C(C)(C)C)[C@@]31C=CO[C@@H]21. The fourth-order valence-electron chi connectivity index (χ4n) is 8.17. The van der Waals surface area contributed by atoms with Crippen LogP contribution >= 0.6 is 0 Å². The second kappa shape index (κ2) is 7.18. The van der Waals surface area contributed by atoms with Crippen LogP contribution in [0.15, 0.2) is 12.3 Å². The molecule has 0 radical (unpaired) electrons. The number of carbonyl (C=O) groups excluding carboxylic acids is 2. The van der Waals surface area contributed by atoms with Crippen molar-refractivity contribution in [2.75, 3.05) is 6.61 Å². The molecule has 0 amide bonds. The number of rotatable bonds is 7. The maximum atomic E-state index is 13.6. The lowest BCUT2D eigenvalue weighted by Gasteiger charge is -2.68. The molecule has 0 bridgehead atoms. The first-order valence-electron chi connectivity index (χ1n) is 12.3. The van der Waals surface area contributed by atoms with Gasteiger partial charge < -0.3 is 13.9 Å². The van der Waals surface area contributed by atoms with Crippen molar-refractivity contribution in [1.82, 2.24) is 0 Å². The van der Waals surface area contributed by atoms with E-state index in [1.807, 2.05) is 6.92 Å². The fraction of sp³-hybridized carbons (Fsp3) is 0.840. The van der Waals surface area contributed by atoms with Crippen molar-refractivity contribution in [3.63, 3.8) is 0 Å². The molecule has 6 heteroatoms. The van der Waals surface area contributed by atoms with E-state index < -0.39 is 25.3 Å². The van der Waals surface area contributed by atoms with E-state index in [-0.39, 0.29) is 41.2 Å². The van der Waals surface area contributed by atoms with Gasteiger partial charge in [0.1, 0.15) is 6.10 Å². The summed E-state index contributed by atoms with van der Waals surface area (Å²) in [5, 5.41) is 0. The predicted molar refractivity (Wildman–Crippen MR) is 122 cm³/mol. The highest BCUT2D eigenvalue weighted by atomic mass is 28.4. The van der Waals surface area contributed by atoms with Crippen LogP contribution in [0.5, 0.6) is 0 Å². The summed E-state index contributed by atoms with van der Waals surface area (Å²) in [6, 6.07) is 3.15. The Morgan fingerprint density at radius 1 is 1.19 bits per heavy atom. The van der Waals surface area contributed by atoms with Gasteiger partial charge in [0.05, 0.1) is 19.0 Å². The molecule has 4 aliphatic rings. The summed E-state index contributed by atoms with van der Waals surface area (Å²) >= 11 is 0. The third kappa shape index (κ3) is 2.41. The number of fused-ring (bicyclic) bond motifs is 1. The van der Waals surface area contributed by atoms with Crippen LogP contribution in [0.4, 0.5) is 0 Å². The minimum atomic E-state index is -1.96. The molecule has 3 fully saturated rings. The Labute approximate surface area is 188 Å². The molecule has 174 valence electrons. The number of Topliss-reactive ketones (excluding diaryl/α,β-unsaturated/α-hetero) is 1. The minimum absolute atomic E-state index is 0.00270. The lowest BCUT2D eigenvalue weighted by molar-refractivity contribution is -0.273. The molecule has 4 rings (SSSR count). The van der Waals surface area contributed by atoms with Gasteiger partial charge in [-0.15, -0.1) is 0 Å². The molecule has 3 saturated carbocycles. The van der Waals surface area contributed by atoms with Gasteiger partial charge in [0.2, 0.25) is 0 Å². The van der Waals surface area contributed by atoms with E-state index in [9.17, 15) is 9.59 Å². The van der Waals surface area contributed by atoms with Crippen LogP contribution in [0.1, 0.15) is 67.7 Å². The average molecular weight is 449 g/mol. The molecule has 1 heterocycles. The maximum absolute atomic E-state index is 13.6. The molecule has 5 nitrogen and oxygen atoms in total. The van der Waals surface area contributed by atoms with Gasteiger partial charge in [-0.2, -0.15) is 0 Å². The summed E-state index contributed by atoms with van der Waals surface area (Å²) in [5.41, 5.74) is -2.13. The van der Waals surface area contributed by atoms with E-state index in [2.05, 4.69) is 47.6 Å². The van der Waals surface area contributed by atoms with Crippen molar-refractivity contribution in [2.24, 2.45) is 27.6 Å². The highest BCUT2D eigenvalue weighted by molar-refractivity contribution is 6.73. The van der Waals surface area contributed by atoms with Gasteiger partial charge in [0.25, 0.3) is 0 Å². The van der Waals surface area contributed by atoms with Crippen LogP contribution in [-0.4, -0.2) is 38.9 Å². The lowest BCUT2D eigenvalue weighted by Crippen LogP contribution is -2.79. The smallest absolute Gasteiger partial charge is 0.324 e. The van der Waals surface area contributed by atoms with Crippen LogP contribution in [0, 0.1) is 27.6 Å². The van der Waals surface area contributed by atoms with Gasteiger partial charge >= 0.3 is 5.97 Å². The number of hydrogen-bond acceptors (Lipinski definition) is 5. The molecular weight excluding hydrogens is 408 g/mol. The van der Waals surface area contributed by atoms with Crippen molar-refractivity contribution >= 4 is 20.1 Å². The third-order valence-corrected chi connectivity index (χ3v) is 14.2. The van der Waals surface area contributed by atoms with Gasteiger partial charge in [0.15, 0.2) is 19.5 Å². The molecule has 1 unspecified atom stereocenters. The molecule has 6 atom stereocenters. The molecule has 0 saturated heterocycles. The average Bonchev–Trinajstić information content (AvgIpc) is 3.31. The van der Waals surface area contributed by atoms with E-state index >= 15 is 0 Å². The highest BCUT2D eigenvalue weighted by Gasteiger charge is 2.95. The predicted octanol–water partition coefficient (Wildman–Crippen LogP) is 5.25. The second-order valence-corrected chi connectivity index (χ2v) is 15.9. The first-order chi connectivity index (χ1) is 14.6. The van der Waals surface area contributed by atoms with Gasteiger partial charge in [-0.05, 0) is 55.3 Å². The van der Waals surface area contributed by atoms with Crippen molar-refractivity contribution < 1.29 is 23.5 Å². The topological polar surface area (TPSA) is 61.8 Å². The lowest BCUT2D eigenvalue weighted by atomic mass is 9.34. The van der Waals surface area contributed by atoms with Crippen molar-refractivity contribution in [2.45, 2.75) is 98.1 Å². The van der Waals surface area contributed by atoms with E-state index in [0.29, 0.717) is 12.8 Å². The first-order valence-corrected chi connectivity index (χ1v) is 14.8. The summed E-state index contributed by atoms with van der Waals surface area (Å²) < 4.78 is 18.9. The normalized spacial score (nSPS) is 40.7. The van der Waals surface area contributed by atoms with Crippen molar-refractivity contribution in [3.8, 4) is 0 Å². The zero-order chi connectivity index (χ0) is 22.9. The first kappa shape index (κ1) is 23.0. The van der Waals surface area contributed by atoms with E-state index in [1.165, 1.54) is 0 Å². The van der Waals surface area contributed by atoms with Crippen LogP contribution < -0.4 is 0 Å². The number of carbonyl (C=O) groups is 2. The Morgan fingerprint density at radius 2 is 1.84 bits per heavy atom. The summed E-state index contributed by atoms with van der Waals surface area (Å²) in [5.74, 6) is -0.114. The Bertz CT molecular complexity index is 788. The number of esters is 1. The van der Waals surface area contributed by atoms with Crippen molar-refractivity contribution in [1.29, 1.82) is 0 Å². The molecule has 0 aromatic rings. The summed E-state index contributed by atoms with van der Waals surface area (Å²) in [7, 11) is -1.96. The van der Waals surface area contributed by atoms with E-state index in [1.54, 1.807) is 6.26 Å². The number of ketones is 1. The highest BCUT2D eigenvalue weighted by Crippen LogP contribution is 2.86. The molecule has 1 aliphatic heterocycles. The van der Waals surface area contributed by atoms with Crippen molar-refractivity contribution in [3.05, 3.63) is 12.3 Å². The fourth-order valence-corrected chi connectivity index (χ4v) is 11.1. The zero-order valence-corrected chi connectivity index (χ0v) is 21.4. The molecular formula is C25H40O5Si. The number of hydrogen-bond donors (Lipinski definition) is 0. The van der Waals surface area contributed by atoms with Gasteiger partial charge in [0, 0.05) is 17.3 Å². The molecule has 0 aromatic heterocycles. The minimum Gasteiger partial charge on any atom is -0.496 e. The largest absolute Gasteiger partial charge is 0.496 e. The van der Waals surface area contributed by atoms with Crippen LogP contribution in [0.2, 0.25) is 18.1 Å². The second-order valence-electron chi connectivity index (χ2n) is 11.2. The Morgan fingerprint density at radius 3 is 2.39 bits per heavy atom. The van der Waals surface area contributed by atoms with Crippen LogP contribution in [0.25, 0.3) is 0 Å². The quantitative estimate of drug-likeness (QED) is 0.302. The monoisotopic (exact) mass is 448 g/mol. The Hall–Kier alpha value is -1.14. The van der Waals surface area contributed by atoms with Crippen LogP contribution in [-0.2, 0) is 23.5 Å². The molecule has 0 N–H and O–H groups in total. The van der Waals surface area contributed by atoms with Gasteiger partial charge in [-0.3, -0.25) is 9.59 Å². The van der Waals surface area contributed by atoms with E-state index in [4.69, 9.17) is 13.9 Å². The molecule has 3 aliphatic carbocycles. The Kier molecular flexibility index (Phi) is 5.33. The zero-order valence-electron chi connectivity index (χ0n) is 20.4. The van der Waals surface area contributed by atoms with Gasteiger partial charge in [-0.1, -0.05) is 41.5 Å². The summed E-state index contributed by atoms with van der Waals surface area (Å²) in [6.07, 6.45) is 5.34. The van der Waals surface area contributed by atoms with E-state index in [0.717, 1.165) is 24.6 Å². The summed E-state index contributed by atoms with van der Waals surface area (Å²) in [4.78, 5) is 27.2. The molecule has 2 spiro atoms. The standard InChI is InChI=1S/C25H40O5Si/c1-8-28-21(27)25-18(26)12-13-24(25)19(30-31(9-2,10-3)11-4)16-17(22(5,6)7)23(24)14-15-29-20(23)25/h14-15,17,19-20H,8-13,16H2,1-7H3/t17-,19-,20+,23+,24?,25+/m0/s1. The maximum Gasteiger partial charge on any atom is 0.324 e. The Balaban J connectivity index is 1.92. The van der Waals surface area contributed by atoms with Gasteiger partial charge in [-0.25, -0.2) is 0 Å².